The summed E-state index contributed by atoms with van der Waals surface area (Å²) in [7, 11) is 0. The summed E-state index contributed by atoms with van der Waals surface area (Å²) in [6.07, 6.45) is 5.54. The molecule has 0 spiro atoms. The molecular weight excluding hydrogens is 359 g/mol. The minimum Gasteiger partial charge on any atom is -0.398 e. The van der Waals surface area contributed by atoms with E-state index in [2.05, 4.69) is 34.2 Å². The molecular formula is C13H19IN2OS. The van der Waals surface area contributed by atoms with Gasteiger partial charge in [-0.05, 0) is 65.6 Å². The number of thioether (sulfide) groups is 1. The van der Waals surface area contributed by atoms with Crippen molar-refractivity contribution in [2.45, 2.75) is 19.3 Å². The number of hydrogen-bond acceptors (Lipinski definition) is 3. The van der Waals surface area contributed by atoms with Crippen molar-refractivity contribution in [3.05, 3.63) is 27.3 Å². The molecule has 1 rings (SSSR count). The van der Waals surface area contributed by atoms with Crippen LogP contribution in [0.25, 0.3) is 0 Å². The molecule has 0 aromatic heterocycles. The van der Waals surface area contributed by atoms with Gasteiger partial charge in [-0.1, -0.05) is 6.42 Å². The summed E-state index contributed by atoms with van der Waals surface area (Å²) in [6.45, 7) is 0.744. The summed E-state index contributed by atoms with van der Waals surface area (Å²) >= 11 is 4.00. The molecule has 0 bridgehead atoms. The Hall–Kier alpha value is -0.430. The lowest BCUT2D eigenvalue weighted by molar-refractivity contribution is 0.0953. The molecule has 100 valence electrons. The number of rotatable bonds is 7. The highest BCUT2D eigenvalue weighted by Crippen LogP contribution is 2.16. The number of carbonyl (C=O) groups is 1. The molecule has 0 heterocycles. The molecule has 0 aliphatic rings. The summed E-state index contributed by atoms with van der Waals surface area (Å²) in [5.41, 5.74) is 7.11. The number of halogens is 1. The average molecular weight is 378 g/mol. The predicted molar refractivity (Wildman–Crippen MR) is 88.1 cm³/mol. The Kier molecular flexibility index (Phi) is 7.50. The fourth-order valence-electron chi connectivity index (χ4n) is 1.52. The smallest absolute Gasteiger partial charge is 0.251 e. The number of benzene rings is 1. The summed E-state index contributed by atoms with van der Waals surface area (Å²) in [6, 6.07) is 5.36. The highest BCUT2D eigenvalue weighted by molar-refractivity contribution is 14.1. The minimum absolute atomic E-state index is 0.0159. The molecule has 0 fully saturated rings. The molecule has 1 aromatic carbocycles. The maximum Gasteiger partial charge on any atom is 0.251 e. The molecule has 0 aliphatic heterocycles. The lowest BCUT2D eigenvalue weighted by atomic mass is 10.2. The van der Waals surface area contributed by atoms with Crippen molar-refractivity contribution in [3.63, 3.8) is 0 Å². The van der Waals surface area contributed by atoms with E-state index >= 15 is 0 Å². The summed E-state index contributed by atoms with van der Waals surface area (Å²) in [4.78, 5) is 11.8. The maximum atomic E-state index is 11.8. The van der Waals surface area contributed by atoms with E-state index in [9.17, 15) is 4.79 Å². The first-order valence-corrected chi connectivity index (χ1v) is 8.44. The van der Waals surface area contributed by atoms with Crippen LogP contribution in [0, 0.1) is 3.57 Å². The highest BCUT2D eigenvalue weighted by atomic mass is 127. The lowest BCUT2D eigenvalue weighted by Crippen LogP contribution is -2.24. The van der Waals surface area contributed by atoms with Gasteiger partial charge in [0.15, 0.2) is 0 Å². The van der Waals surface area contributed by atoms with Crippen molar-refractivity contribution in [2.24, 2.45) is 0 Å². The zero-order chi connectivity index (χ0) is 13.4. The second-order valence-corrected chi connectivity index (χ2v) is 6.19. The normalized spacial score (nSPS) is 10.3. The molecule has 0 saturated carbocycles. The van der Waals surface area contributed by atoms with Gasteiger partial charge in [0.1, 0.15) is 0 Å². The lowest BCUT2D eigenvalue weighted by Gasteiger charge is -2.06. The number of anilines is 1. The number of amides is 1. The highest BCUT2D eigenvalue weighted by Gasteiger charge is 2.06. The van der Waals surface area contributed by atoms with Crippen LogP contribution < -0.4 is 11.1 Å². The van der Waals surface area contributed by atoms with E-state index in [1.807, 2.05) is 17.8 Å². The van der Waals surface area contributed by atoms with Gasteiger partial charge in [0.05, 0.1) is 0 Å². The van der Waals surface area contributed by atoms with Crippen LogP contribution in [0.2, 0.25) is 0 Å². The quantitative estimate of drug-likeness (QED) is 0.436. The molecule has 0 radical (unpaired) electrons. The topological polar surface area (TPSA) is 55.1 Å². The van der Waals surface area contributed by atoms with Crippen LogP contribution in [0.3, 0.4) is 0 Å². The summed E-state index contributed by atoms with van der Waals surface area (Å²) in [5, 5.41) is 2.93. The van der Waals surface area contributed by atoms with Crippen molar-refractivity contribution in [2.75, 3.05) is 24.3 Å². The SMILES string of the molecule is CSCCCCCNC(=O)c1ccc(N)c(I)c1. The first kappa shape index (κ1) is 15.6. The van der Waals surface area contributed by atoms with E-state index in [-0.39, 0.29) is 5.91 Å². The Morgan fingerprint density at radius 1 is 1.39 bits per heavy atom. The standard InChI is InChI=1S/C13H19IN2OS/c1-18-8-4-2-3-7-16-13(17)10-5-6-12(15)11(14)9-10/h5-6,9H,2-4,7-8,15H2,1H3,(H,16,17). The van der Waals surface area contributed by atoms with E-state index in [4.69, 9.17) is 5.73 Å². The second-order valence-electron chi connectivity index (χ2n) is 4.05. The van der Waals surface area contributed by atoms with Gasteiger partial charge < -0.3 is 11.1 Å². The Bertz CT molecular complexity index is 399. The Labute approximate surface area is 126 Å². The molecule has 0 atom stereocenters. The van der Waals surface area contributed by atoms with Gasteiger partial charge in [0.2, 0.25) is 0 Å². The number of nitrogens with one attached hydrogen (secondary N) is 1. The average Bonchev–Trinajstić information content (AvgIpc) is 2.36. The molecule has 1 amide bonds. The van der Waals surface area contributed by atoms with Gasteiger partial charge in [-0.2, -0.15) is 11.8 Å². The monoisotopic (exact) mass is 378 g/mol. The van der Waals surface area contributed by atoms with Crippen LogP contribution in [0.15, 0.2) is 18.2 Å². The summed E-state index contributed by atoms with van der Waals surface area (Å²) < 4.78 is 0.917. The molecule has 3 N–H and O–H groups in total. The van der Waals surface area contributed by atoms with Crippen LogP contribution in [0.5, 0.6) is 0 Å². The van der Waals surface area contributed by atoms with Gasteiger partial charge in [-0.15, -0.1) is 0 Å². The fourth-order valence-corrected chi connectivity index (χ4v) is 2.53. The van der Waals surface area contributed by atoms with Crippen LogP contribution in [0.4, 0.5) is 5.69 Å². The second kappa shape index (κ2) is 8.63. The molecule has 0 unspecified atom stereocenters. The first-order valence-electron chi connectivity index (χ1n) is 5.97. The maximum absolute atomic E-state index is 11.8. The van der Waals surface area contributed by atoms with E-state index in [1.165, 1.54) is 18.6 Å². The van der Waals surface area contributed by atoms with Crippen LogP contribution in [-0.2, 0) is 0 Å². The van der Waals surface area contributed by atoms with E-state index in [0.29, 0.717) is 11.3 Å². The van der Waals surface area contributed by atoms with Gasteiger partial charge in [-0.25, -0.2) is 0 Å². The van der Waals surface area contributed by atoms with Crippen molar-refractivity contribution in [1.29, 1.82) is 0 Å². The molecule has 5 heteroatoms. The number of nitrogens with two attached hydrogens (primary N) is 1. The van der Waals surface area contributed by atoms with E-state index < -0.39 is 0 Å². The van der Waals surface area contributed by atoms with Crippen molar-refractivity contribution >= 4 is 45.9 Å². The number of unbranched alkanes of at least 4 members (excludes halogenated alkanes) is 2. The van der Waals surface area contributed by atoms with Crippen LogP contribution >= 0.6 is 34.4 Å². The zero-order valence-corrected chi connectivity index (χ0v) is 13.5. The van der Waals surface area contributed by atoms with Crippen molar-refractivity contribution in [1.82, 2.24) is 5.32 Å². The van der Waals surface area contributed by atoms with E-state index in [0.717, 1.165) is 16.5 Å². The molecule has 0 saturated heterocycles. The largest absolute Gasteiger partial charge is 0.398 e. The van der Waals surface area contributed by atoms with Crippen LogP contribution in [0.1, 0.15) is 29.6 Å². The van der Waals surface area contributed by atoms with Gasteiger partial charge in [0, 0.05) is 21.4 Å². The predicted octanol–water partition coefficient (Wildman–Crippen LogP) is 3.14. The zero-order valence-electron chi connectivity index (χ0n) is 10.5. The third kappa shape index (κ3) is 5.48. The number of carbonyl (C=O) groups excluding carboxylic acids is 1. The van der Waals surface area contributed by atoms with Crippen molar-refractivity contribution < 1.29 is 4.79 Å². The van der Waals surface area contributed by atoms with Crippen LogP contribution in [-0.4, -0.2) is 24.5 Å². The number of nitrogen functional groups attached to an aromatic ring is 1. The number of hydrogen-bond donors (Lipinski definition) is 2. The molecule has 1 aromatic rings. The Morgan fingerprint density at radius 3 is 2.83 bits per heavy atom. The molecule has 0 aliphatic carbocycles. The Morgan fingerprint density at radius 2 is 2.17 bits per heavy atom. The molecule has 18 heavy (non-hydrogen) atoms. The fraction of sp³-hybridized carbons (Fsp3) is 0.462. The summed E-state index contributed by atoms with van der Waals surface area (Å²) in [5.74, 6) is 1.18. The van der Waals surface area contributed by atoms with Crippen molar-refractivity contribution in [3.8, 4) is 0 Å². The van der Waals surface area contributed by atoms with Gasteiger partial charge in [-0.3, -0.25) is 4.79 Å². The third-order valence-corrected chi connectivity index (χ3v) is 4.20. The Balaban J connectivity index is 2.30. The minimum atomic E-state index is -0.0159. The molecule has 3 nitrogen and oxygen atoms in total. The van der Waals surface area contributed by atoms with E-state index in [1.54, 1.807) is 12.1 Å². The third-order valence-electron chi connectivity index (χ3n) is 2.57. The van der Waals surface area contributed by atoms with Gasteiger partial charge >= 0.3 is 0 Å². The van der Waals surface area contributed by atoms with Gasteiger partial charge in [0.25, 0.3) is 5.91 Å². The first-order chi connectivity index (χ1) is 8.65.